The number of hydrogen-bond donors (Lipinski definition) is 1. The summed E-state index contributed by atoms with van der Waals surface area (Å²) >= 11 is 0. The molecule has 0 bridgehead atoms. The highest BCUT2D eigenvalue weighted by Crippen LogP contribution is 2.25. The van der Waals surface area contributed by atoms with Crippen LogP contribution in [0.2, 0.25) is 0 Å². The number of carbonyl (C=O) groups excluding carboxylic acids is 1. The monoisotopic (exact) mass is 384 g/mol. The van der Waals surface area contributed by atoms with Crippen molar-refractivity contribution < 1.29 is 9.18 Å². The van der Waals surface area contributed by atoms with Crippen molar-refractivity contribution in [3.63, 3.8) is 0 Å². The van der Waals surface area contributed by atoms with Crippen molar-refractivity contribution in [1.82, 2.24) is 15.0 Å². The average Bonchev–Trinajstić information content (AvgIpc) is 2.76. The van der Waals surface area contributed by atoms with Gasteiger partial charge in [-0.25, -0.2) is 14.4 Å². The van der Waals surface area contributed by atoms with Gasteiger partial charge in [-0.1, -0.05) is 18.2 Å². The highest BCUT2D eigenvalue weighted by molar-refractivity contribution is 6.08. The van der Waals surface area contributed by atoms with Gasteiger partial charge in [0.25, 0.3) is 5.91 Å². The molecule has 4 rings (SSSR count). The van der Waals surface area contributed by atoms with Gasteiger partial charge >= 0.3 is 0 Å². The number of hydrogen-bond acceptors (Lipinski definition) is 4. The van der Waals surface area contributed by atoms with Crippen molar-refractivity contribution in [2.24, 2.45) is 0 Å². The maximum atomic E-state index is 13.3. The summed E-state index contributed by atoms with van der Waals surface area (Å²) in [6.45, 7) is 1.92. The molecule has 0 radical (unpaired) electrons. The minimum absolute atomic E-state index is 0.309. The maximum absolute atomic E-state index is 13.3. The number of rotatable bonds is 4. The third-order valence-electron chi connectivity index (χ3n) is 4.48. The largest absolute Gasteiger partial charge is 0.322 e. The zero-order valence-electron chi connectivity index (χ0n) is 15.6. The summed E-state index contributed by atoms with van der Waals surface area (Å²) in [5.74, 6) is -0.238. The predicted molar refractivity (Wildman–Crippen MR) is 110 cm³/mol. The molecular formula is C23H17FN4O. The first-order valence-corrected chi connectivity index (χ1v) is 9.02. The molecule has 0 unspecified atom stereocenters. The quantitative estimate of drug-likeness (QED) is 0.543. The lowest BCUT2D eigenvalue weighted by molar-refractivity contribution is 0.102. The molecule has 0 atom stereocenters. The molecule has 29 heavy (non-hydrogen) atoms. The molecule has 0 saturated carbocycles. The van der Waals surface area contributed by atoms with Crippen LogP contribution in [-0.2, 0) is 0 Å². The molecule has 0 saturated heterocycles. The highest BCUT2D eigenvalue weighted by atomic mass is 19.1. The van der Waals surface area contributed by atoms with E-state index in [-0.39, 0.29) is 11.7 Å². The number of pyridine rings is 1. The summed E-state index contributed by atoms with van der Waals surface area (Å²) in [6.07, 6.45) is 4.77. The van der Waals surface area contributed by atoms with Gasteiger partial charge in [0.1, 0.15) is 5.82 Å². The van der Waals surface area contributed by atoms with Crippen LogP contribution in [0.15, 0.2) is 79.3 Å². The van der Waals surface area contributed by atoms with Crippen LogP contribution in [0.25, 0.3) is 22.6 Å². The zero-order valence-corrected chi connectivity index (χ0v) is 15.6. The standard InChI is InChI=1S/C23H17FN4O/c1-15-4-2-3-5-20(15)27-23(29)19-14-26-22(17-6-8-18(24)9-7-17)28-21(19)16-10-12-25-13-11-16/h2-14H,1H3,(H,27,29). The van der Waals surface area contributed by atoms with Gasteiger partial charge in [-0.2, -0.15) is 0 Å². The minimum Gasteiger partial charge on any atom is -0.322 e. The number of nitrogens with one attached hydrogen (secondary N) is 1. The molecule has 1 amide bonds. The normalized spacial score (nSPS) is 10.6. The van der Waals surface area contributed by atoms with Crippen LogP contribution < -0.4 is 5.32 Å². The second kappa shape index (κ2) is 7.98. The van der Waals surface area contributed by atoms with Crippen LogP contribution >= 0.6 is 0 Å². The Balaban J connectivity index is 1.78. The Hall–Kier alpha value is -3.93. The van der Waals surface area contributed by atoms with Gasteiger partial charge < -0.3 is 5.32 Å². The van der Waals surface area contributed by atoms with Gasteiger partial charge in [0.15, 0.2) is 5.82 Å². The van der Waals surface area contributed by atoms with Gasteiger partial charge in [0, 0.05) is 35.4 Å². The Morgan fingerprint density at radius 1 is 0.931 bits per heavy atom. The van der Waals surface area contributed by atoms with Crippen LogP contribution in [0.1, 0.15) is 15.9 Å². The topological polar surface area (TPSA) is 67.8 Å². The average molecular weight is 384 g/mol. The Kier molecular flexibility index (Phi) is 5.07. The lowest BCUT2D eigenvalue weighted by Gasteiger charge is -2.12. The Labute approximate surface area is 167 Å². The molecule has 0 spiro atoms. The summed E-state index contributed by atoms with van der Waals surface area (Å²) in [7, 11) is 0. The number of anilines is 1. The van der Waals surface area contributed by atoms with E-state index in [2.05, 4.69) is 20.3 Å². The number of carbonyl (C=O) groups is 1. The molecular weight excluding hydrogens is 367 g/mol. The number of halogens is 1. The Bertz CT molecular complexity index is 1160. The van der Waals surface area contributed by atoms with E-state index in [0.29, 0.717) is 22.6 Å². The van der Waals surface area contributed by atoms with Gasteiger partial charge in [-0.3, -0.25) is 9.78 Å². The van der Waals surface area contributed by atoms with Crippen molar-refractivity contribution in [2.75, 3.05) is 5.32 Å². The van der Waals surface area contributed by atoms with Crippen LogP contribution in [-0.4, -0.2) is 20.9 Å². The second-order valence-corrected chi connectivity index (χ2v) is 6.47. The predicted octanol–water partition coefficient (Wildman–Crippen LogP) is 4.91. The first-order chi connectivity index (χ1) is 14.1. The van der Waals surface area contributed by atoms with Gasteiger partial charge in [0.05, 0.1) is 11.3 Å². The fourth-order valence-corrected chi connectivity index (χ4v) is 2.92. The number of benzene rings is 2. The fraction of sp³-hybridized carbons (Fsp3) is 0.0435. The Morgan fingerprint density at radius 2 is 1.66 bits per heavy atom. The van der Waals surface area contributed by atoms with Crippen molar-refractivity contribution >= 4 is 11.6 Å². The molecule has 5 nitrogen and oxygen atoms in total. The summed E-state index contributed by atoms with van der Waals surface area (Å²) in [5, 5.41) is 2.92. The van der Waals surface area contributed by atoms with E-state index in [4.69, 9.17) is 0 Å². The van der Waals surface area contributed by atoms with E-state index in [9.17, 15) is 9.18 Å². The third-order valence-corrected chi connectivity index (χ3v) is 4.48. The maximum Gasteiger partial charge on any atom is 0.259 e. The van der Waals surface area contributed by atoms with E-state index in [1.54, 1.807) is 36.7 Å². The fourth-order valence-electron chi connectivity index (χ4n) is 2.92. The van der Waals surface area contributed by atoms with E-state index >= 15 is 0 Å². The summed E-state index contributed by atoms with van der Waals surface area (Å²) < 4.78 is 13.3. The van der Waals surface area contributed by atoms with Crippen molar-refractivity contribution in [2.45, 2.75) is 6.92 Å². The number of nitrogens with zero attached hydrogens (tertiary/aromatic N) is 3. The first kappa shape index (κ1) is 18.4. The first-order valence-electron chi connectivity index (χ1n) is 9.02. The van der Waals surface area contributed by atoms with Crippen molar-refractivity contribution in [1.29, 1.82) is 0 Å². The van der Waals surface area contributed by atoms with Crippen LogP contribution in [0.5, 0.6) is 0 Å². The number of aryl methyl sites for hydroxylation is 1. The van der Waals surface area contributed by atoms with Crippen LogP contribution in [0, 0.1) is 12.7 Å². The third kappa shape index (κ3) is 4.01. The van der Waals surface area contributed by atoms with Gasteiger partial charge in [0.2, 0.25) is 0 Å². The SMILES string of the molecule is Cc1ccccc1NC(=O)c1cnc(-c2ccc(F)cc2)nc1-c1ccncc1. The van der Waals surface area contributed by atoms with Crippen molar-refractivity contribution in [3.05, 3.63) is 96.2 Å². The lowest BCUT2D eigenvalue weighted by Crippen LogP contribution is -2.15. The molecule has 0 aliphatic heterocycles. The minimum atomic E-state index is -0.336. The van der Waals surface area contributed by atoms with Gasteiger partial charge in [-0.05, 0) is 55.0 Å². The summed E-state index contributed by atoms with van der Waals surface area (Å²) in [4.78, 5) is 26.0. The van der Waals surface area contributed by atoms with Crippen molar-refractivity contribution in [3.8, 4) is 22.6 Å². The van der Waals surface area contributed by atoms with E-state index < -0.39 is 0 Å². The molecule has 4 aromatic rings. The number of para-hydroxylation sites is 1. The summed E-state index contributed by atoms with van der Waals surface area (Å²) in [6, 6.07) is 17.0. The number of amides is 1. The molecule has 0 aliphatic rings. The van der Waals surface area contributed by atoms with E-state index in [0.717, 1.165) is 16.8 Å². The molecule has 0 aliphatic carbocycles. The molecule has 0 fully saturated rings. The smallest absolute Gasteiger partial charge is 0.259 e. The van der Waals surface area contributed by atoms with E-state index in [1.807, 2.05) is 31.2 Å². The van der Waals surface area contributed by atoms with Gasteiger partial charge in [-0.15, -0.1) is 0 Å². The zero-order chi connectivity index (χ0) is 20.2. The van der Waals surface area contributed by atoms with Crippen LogP contribution in [0.4, 0.5) is 10.1 Å². The number of aromatic nitrogens is 3. The molecule has 2 aromatic heterocycles. The highest BCUT2D eigenvalue weighted by Gasteiger charge is 2.18. The van der Waals surface area contributed by atoms with E-state index in [1.165, 1.54) is 18.3 Å². The Morgan fingerprint density at radius 3 is 2.38 bits per heavy atom. The molecule has 1 N–H and O–H groups in total. The molecule has 142 valence electrons. The second-order valence-electron chi connectivity index (χ2n) is 6.47. The summed E-state index contributed by atoms with van der Waals surface area (Å²) in [5.41, 5.74) is 3.89. The molecule has 6 heteroatoms. The lowest BCUT2D eigenvalue weighted by atomic mass is 10.1. The molecule has 2 heterocycles. The molecule has 2 aromatic carbocycles. The van der Waals surface area contributed by atoms with Crippen LogP contribution in [0.3, 0.4) is 0 Å².